The van der Waals surface area contributed by atoms with E-state index in [1.54, 1.807) is 13.3 Å². The first kappa shape index (κ1) is 19.2. The van der Waals surface area contributed by atoms with Gasteiger partial charge in [-0.1, -0.05) is 18.5 Å². The number of hydrogen-bond acceptors (Lipinski definition) is 5. The minimum absolute atomic E-state index is 0.233. The van der Waals surface area contributed by atoms with Gasteiger partial charge in [0.05, 0.1) is 24.0 Å². The Hall–Kier alpha value is -2.14. The highest BCUT2D eigenvalue weighted by atomic mass is 35.5. The fraction of sp³-hybridized carbons (Fsp3) is 0.500. The molecule has 0 radical (unpaired) electrons. The summed E-state index contributed by atoms with van der Waals surface area (Å²) in [6.07, 6.45) is 5.10. The summed E-state index contributed by atoms with van der Waals surface area (Å²) in [4.78, 5) is 8.89. The van der Waals surface area contributed by atoms with Gasteiger partial charge in [0.2, 0.25) is 5.88 Å². The van der Waals surface area contributed by atoms with E-state index >= 15 is 0 Å². The second kappa shape index (κ2) is 8.48. The number of nitrogens with zero attached hydrogens (tertiary/aromatic N) is 3. The van der Waals surface area contributed by atoms with Gasteiger partial charge in [-0.3, -0.25) is 0 Å². The SMILES string of the molecule is COc1cc(N2CCC(Oc3ccc(N4CCC(C)C4)cc3)CC2)c(Cl)cn1. The van der Waals surface area contributed by atoms with E-state index in [2.05, 4.69) is 46.0 Å². The number of anilines is 2. The fourth-order valence-electron chi connectivity index (χ4n) is 4.08. The average molecular weight is 402 g/mol. The van der Waals surface area contributed by atoms with Crippen molar-refractivity contribution >= 4 is 23.0 Å². The van der Waals surface area contributed by atoms with E-state index < -0.39 is 0 Å². The fourth-order valence-corrected chi connectivity index (χ4v) is 4.30. The Morgan fingerprint density at radius 3 is 2.39 bits per heavy atom. The van der Waals surface area contributed by atoms with Crippen LogP contribution < -0.4 is 19.3 Å². The van der Waals surface area contributed by atoms with Gasteiger partial charge >= 0.3 is 0 Å². The van der Waals surface area contributed by atoms with E-state index in [1.165, 1.54) is 12.1 Å². The highest BCUT2D eigenvalue weighted by Crippen LogP contribution is 2.32. The summed E-state index contributed by atoms with van der Waals surface area (Å²) in [5.74, 6) is 2.33. The summed E-state index contributed by atoms with van der Waals surface area (Å²) in [6.45, 7) is 6.44. The van der Waals surface area contributed by atoms with Crippen LogP contribution in [0.4, 0.5) is 11.4 Å². The van der Waals surface area contributed by atoms with E-state index in [9.17, 15) is 0 Å². The molecule has 3 heterocycles. The molecule has 0 N–H and O–H groups in total. The second-order valence-electron chi connectivity index (χ2n) is 7.82. The van der Waals surface area contributed by atoms with Crippen LogP contribution in [0, 0.1) is 5.92 Å². The Morgan fingerprint density at radius 2 is 1.75 bits per heavy atom. The van der Waals surface area contributed by atoms with Crippen LogP contribution in [0.3, 0.4) is 0 Å². The van der Waals surface area contributed by atoms with Crippen LogP contribution in [0.5, 0.6) is 11.6 Å². The summed E-state index contributed by atoms with van der Waals surface area (Å²) in [5.41, 5.74) is 2.28. The van der Waals surface area contributed by atoms with Crippen molar-refractivity contribution in [2.45, 2.75) is 32.3 Å². The zero-order chi connectivity index (χ0) is 19.5. The maximum atomic E-state index is 6.34. The van der Waals surface area contributed by atoms with E-state index in [0.717, 1.165) is 56.4 Å². The zero-order valence-corrected chi connectivity index (χ0v) is 17.4. The molecule has 1 aromatic carbocycles. The molecular weight excluding hydrogens is 374 g/mol. The lowest BCUT2D eigenvalue weighted by Gasteiger charge is -2.34. The predicted octanol–water partition coefficient (Wildman–Crippen LogP) is 4.64. The maximum absolute atomic E-state index is 6.34. The van der Waals surface area contributed by atoms with E-state index in [1.807, 2.05) is 6.07 Å². The minimum Gasteiger partial charge on any atom is -0.490 e. The quantitative estimate of drug-likeness (QED) is 0.729. The number of benzene rings is 1. The topological polar surface area (TPSA) is 37.8 Å². The van der Waals surface area contributed by atoms with Gasteiger partial charge in [-0.15, -0.1) is 0 Å². The van der Waals surface area contributed by atoms with Crippen molar-refractivity contribution in [3.8, 4) is 11.6 Å². The third-order valence-corrected chi connectivity index (χ3v) is 6.02. The van der Waals surface area contributed by atoms with Crippen LogP contribution in [0.25, 0.3) is 0 Å². The molecule has 0 saturated carbocycles. The van der Waals surface area contributed by atoms with E-state index in [-0.39, 0.29) is 6.10 Å². The van der Waals surface area contributed by atoms with Gasteiger partial charge in [0.15, 0.2) is 0 Å². The molecule has 0 bridgehead atoms. The Kier molecular flexibility index (Phi) is 5.81. The maximum Gasteiger partial charge on any atom is 0.215 e. The molecule has 2 aromatic rings. The number of pyridine rings is 1. The van der Waals surface area contributed by atoms with Crippen molar-refractivity contribution < 1.29 is 9.47 Å². The van der Waals surface area contributed by atoms with Crippen molar-refractivity contribution in [2.75, 3.05) is 43.1 Å². The third kappa shape index (κ3) is 4.30. The number of piperidine rings is 1. The van der Waals surface area contributed by atoms with Crippen LogP contribution >= 0.6 is 11.6 Å². The zero-order valence-electron chi connectivity index (χ0n) is 16.6. The smallest absolute Gasteiger partial charge is 0.215 e. The number of hydrogen-bond donors (Lipinski definition) is 0. The number of ether oxygens (including phenoxy) is 2. The van der Waals surface area contributed by atoms with Crippen molar-refractivity contribution in [1.82, 2.24) is 4.98 Å². The second-order valence-corrected chi connectivity index (χ2v) is 8.22. The van der Waals surface area contributed by atoms with Gasteiger partial charge in [-0.2, -0.15) is 0 Å². The van der Waals surface area contributed by atoms with Crippen molar-refractivity contribution in [3.05, 3.63) is 41.6 Å². The molecule has 0 aliphatic carbocycles. The minimum atomic E-state index is 0.233. The number of halogens is 1. The average Bonchev–Trinajstić information content (AvgIpc) is 3.16. The van der Waals surface area contributed by atoms with Gasteiger partial charge in [0.1, 0.15) is 11.9 Å². The molecule has 150 valence electrons. The summed E-state index contributed by atoms with van der Waals surface area (Å²) in [5, 5.41) is 0.659. The third-order valence-electron chi connectivity index (χ3n) is 5.73. The highest BCUT2D eigenvalue weighted by molar-refractivity contribution is 6.33. The summed E-state index contributed by atoms with van der Waals surface area (Å²) >= 11 is 6.34. The first-order chi connectivity index (χ1) is 13.6. The summed E-state index contributed by atoms with van der Waals surface area (Å²) < 4.78 is 11.5. The molecule has 2 fully saturated rings. The van der Waals surface area contributed by atoms with Crippen molar-refractivity contribution in [3.63, 3.8) is 0 Å². The molecule has 5 nitrogen and oxygen atoms in total. The molecule has 1 atom stereocenters. The Bertz CT molecular complexity index is 791. The normalized spacial score (nSPS) is 20.5. The monoisotopic (exact) mass is 401 g/mol. The van der Waals surface area contributed by atoms with Crippen molar-refractivity contribution in [2.24, 2.45) is 5.92 Å². The van der Waals surface area contributed by atoms with Gasteiger partial charge in [-0.05, 0) is 36.6 Å². The van der Waals surface area contributed by atoms with E-state index in [4.69, 9.17) is 21.1 Å². The molecular formula is C22H28ClN3O2. The number of rotatable bonds is 5. The van der Waals surface area contributed by atoms with Crippen LogP contribution in [0.15, 0.2) is 36.5 Å². The lowest BCUT2D eigenvalue weighted by molar-refractivity contribution is 0.171. The largest absolute Gasteiger partial charge is 0.490 e. The van der Waals surface area contributed by atoms with Gasteiger partial charge in [0, 0.05) is 50.8 Å². The first-order valence-corrected chi connectivity index (χ1v) is 10.5. The standard InChI is InChI=1S/C22H28ClN3O2/c1-16-7-10-26(15-16)17-3-5-18(6-4-17)28-19-8-11-25(12-9-19)21-13-22(27-2)24-14-20(21)23/h3-6,13-14,16,19H,7-12,15H2,1-2H3. The van der Waals surface area contributed by atoms with E-state index in [0.29, 0.717) is 10.9 Å². The molecule has 4 rings (SSSR count). The Balaban J connectivity index is 1.32. The van der Waals surface area contributed by atoms with Crippen LogP contribution in [-0.4, -0.2) is 44.4 Å². The van der Waals surface area contributed by atoms with Crippen LogP contribution in [0.2, 0.25) is 5.02 Å². The van der Waals surface area contributed by atoms with Gasteiger partial charge < -0.3 is 19.3 Å². The highest BCUT2D eigenvalue weighted by Gasteiger charge is 2.23. The molecule has 6 heteroatoms. The molecule has 2 aliphatic heterocycles. The predicted molar refractivity (Wildman–Crippen MR) is 114 cm³/mol. The Labute approximate surface area is 172 Å². The van der Waals surface area contributed by atoms with Gasteiger partial charge in [-0.25, -0.2) is 4.98 Å². The Morgan fingerprint density at radius 1 is 1.04 bits per heavy atom. The molecule has 28 heavy (non-hydrogen) atoms. The van der Waals surface area contributed by atoms with Crippen LogP contribution in [0.1, 0.15) is 26.2 Å². The van der Waals surface area contributed by atoms with Gasteiger partial charge in [0.25, 0.3) is 0 Å². The van der Waals surface area contributed by atoms with Crippen LogP contribution in [-0.2, 0) is 0 Å². The first-order valence-electron chi connectivity index (χ1n) is 10.1. The number of methoxy groups -OCH3 is 1. The van der Waals surface area contributed by atoms with Crippen molar-refractivity contribution in [1.29, 1.82) is 0 Å². The molecule has 1 aromatic heterocycles. The molecule has 1 unspecified atom stereocenters. The summed E-state index contributed by atoms with van der Waals surface area (Å²) in [7, 11) is 1.62. The number of aromatic nitrogens is 1. The molecule has 0 amide bonds. The lowest BCUT2D eigenvalue weighted by atomic mass is 10.1. The molecule has 2 saturated heterocycles. The molecule has 2 aliphatic rings. The summed E-state index contributed by atoms with van der Waals surface area (Å²) in [6, 6.07) is 10.5. The molecule has 0 spiro atoms. The lowest BCUT2D eigenvalue weighted by Crippen LogP contribution is -2.38.